The van der Waals surface area contributed by atoms with Crippen LogP contribution >= 0.6 is 0 Å². The van der Waals surface area contributed by atoms with Crippen LogP contribution in [0.2, 0.25) is 0 Å². The zero-order valence-electron chi connectivity index (χ0n) is 18.7. The molecule has 5 nitrogen and oxygen atoms in total. The third-order valence-electron chi connectivity index (χ3n) is 6.47. The molecule has 3 heterocycles. The average molecular weight is 425 g/mol. The van der Waals surface area contributed by atoms with E-state index in [0.717, 1.165) is 29.8 Å². The van der Waals surface area contributed by atoms with Crippen LogP contribution in [0.5, 0.6) is 0 Å². The summed E-state index contributed by atoms with van der Waals surface area (Å²) in [4.78, 5) is 19.7. The number of hydrogen-bond donors (Lipinski definition) is 0. The molecule has 0 N–H and O–H groups in total. The summed E-state index contributed by atoms with van der Waals surface area (Å²) in [5.41, 5.74) is 5.49. The molecule has 0 saturated carbocycles. The highest BCUT2D eigenvalue weighted by molar-refractivity contribution is 5.95. The topological polar surface area (TPSA) is 31.7 Å². The van der Waals surface area contributed by atoms with Gasteiger partial charge in [-0.2, -0.15) is 0 Å². The third kappa shape index (κ3) is 3.90. The summed E-state index contributed by atoms with van der Waals surface area (Å²) < 4.78 is 2.14. The molecule has 0 radical (unpaired) electrons. The molecule has 0 saturated heterocycles. The van der Waals surface area contributed by atoms with Crippen molar-refractivity contribution in [1.82, 2.24) is 19.3 Å². The number of fused-ring (bicyclic) bond motifs is 1. The van der Waals surface area contributed by atoms with Crippen molar-refractivity contribution in [3.8, 4) is 11.8 Å². The van der Waals surface area contributed by atoms with Crippen LogP contribution in [0.25, 0.3) is 10.9 Å². The highest BCUT2D eigenvalue weighted by Crippen LogP contribution is 2.27. The molecule has 1 amide bonds. The molecule has 0 atom stereocenters. The van der Waals surface area contributed by atoms with Crippen molar-refractivity contribution < 1.29 is 4.79 Å². The fourth-order valence-corrected chi connectivity index (χ4v) is 4.73. The summed E-state index contributed by atoms with van der Waals surface area (Å²) in [6.07, 6.45) is 0.895. The molecule has 2 aliphatic heterocycles. The second kappa shape index (κ2) is 8.57. The normalized spacial score (nSPS) is 16.9. The number of rotatable bonds is 3. The molecule has 0 spiro atoms. The average Bonchev–Trinajstić information content (AvgIpc) is 3.13. The molecule has 32 heavy (non-hydrogen) atoms. The van der Waals surface area contributed by atoms with Crippen molar-refractivity contribution in [2.45, 2.75) is 13.0 Å². The lowest BCUT2D eigenvalue weighted by molar-refractivity contribution is -0.131. The zero-order valence-corrected chi connectivity index (χ0v) is 18.7. The molecule has 0 bridgehead atoms. The van der Waals surface area contributed by atoms with E-state index in [2.05, 4.69) is 82.8 Å². The largest absolute Gasteiger partial charge is 0.360 e. The first-order valence-corrected chi connectivity index (χ1v) is 11.1. The van der Waals surface area contributed by atoms with E-state index < -0.39 is 0 Å². The van der Waals surface area contributed by atoms with Gasteiger partial charge in [-0.25, -0.2) is 0 Å². The minimum atomic E-state index is 0.160. The van der Waals surface area contributed by atoms with Crippen molar-refractivity contribution in [2.75, 3.05) is 33.4 Å². The molecule has 0 fully saturated rings. The molecular formula is C27H28N4O. The van der Waals surface area contributed by atoms with Gasteiger partial charge in [-0.05, 0) is 23.6 Å². The van der Waals surface area contributed by atoms with E-state index in [4.69, 9.17) is 0 Å². The number of aromatic nitrogens is 1. The highest BCUT2D eigenvalue weighted by atomic mass is 16.2. The Labute approximate surface area is 189 Å². The number of aryl methyl sites for hydroxylation is 1. The van der Waals surface area contributed by atoms with E-state index in [9.17, 15) is 4.79 Å². The number of benzene rings is 2. The Kier molecular flexibility index (Phi) is 5.46. The number of amides is 1. The van der Waals surface area contributed by atoms with Gasteiger partial charge < -0.3 is 14.4 Å². The summed E-state index contributed by atoms with van der Waals surface area (Å²) in [6, 6.07) is 20.7. The van der Waals surface area contributed by atoms with E-state index in [1.54, 1.807) is 0 Å². The van der Waals surface area contributed by atoms with Gasteiger partial charge in [-0.15, -0.1) is 0 Å². The highest BCUT2D eigenvalue weighted by Gasteiger charge is 2.33. The molecule has 5 rings (SSSR count). The number of hydrogen-bond acceptors (Lipinski definition) is 3. The molecule has 2 aromatic carbocycles. The Morgan fingerprint density at radius 3 is 2.59 bits per heavy atom. The van der Waals surface area contributed by atoms with Crippen LogP contribution < -0.4 is 0 Å². The molecule has 2 aliphatic rings. The van der Waals surface area contributed by atoms with Crippen LogP contribution in [0, 0.1) is 11.8 Å². The number of carbonyl (C=O) groups is 1. The van der Waals surface area contributed by atoms with E-state index in [1.165, 1.54) is 16.6 Å². The van der Waals surface area contributed by atoms with Crippen molar-refractivity contribution in [2.24, 2.45) is 7.05 Å². The minimum Gasteiger partial charge on any atom is -0.360 e. The maximum Gasteiger partial charge on any atom is 0.254 e. The van der Waals surface area contributed by atoms with Crippen LogP contribution in [0.15, 0.2) is 71.9 Å². The van der Waals surface area contributed by atoms with Gasteiger partial charge in [0.15, 0.2) is 0 Å². The Balaban J connectivity index is 1.29. The van der Waals surface area contributed by atoms with E-state index in [0.29, 0.717) is 26.3 Å². The van der Waals surface area contributed by atoms with Crippen LogP contribution in [-0.2, 0) is 18.4 Å². The van der Waals surface area contributed by atoms with Crippen molar-refractivity contribution in [1.29, 1.82) is 0 Å². The molecule has 162 valence electrons. The SMILES string of the molecule is CN1CN(Cc2ccccc2)C(=O)C2=C1CCN(CC#Cc1cc3ccccc3n1C)C2. The maximum absolute atomic E-state index is 13.3. The lowest BCUT2D eigenvalue weighted by Crippen LogP contribution is -2.50. The fraction of sp³-hybridized carbons (Fsp3) is 0.296. The van der Waals surface area contributed by atoms with Gasteiger partial charge in [-0.1, -0.05) is 54.5 Å². The van der Waals surface area contributed by atoms with E-state index in [-0.39, 0.29) is 5.91 Å². The lowest BCUT2D eigenvalue weighted by atomic mass is 10.0. The smallest absolute Gasteiger partial charge is 0.254 e. The molecule has 1 aromatic heterocycles. The molecule has 3 aromatic rings. The third-order valence-corrected chi connectivity index (χ3v) is 6.47. The lowest BCUT2D eigenvalue weighted by Gasteiger charge is -2.42. The number of para-hydroxylation sites is 1. The van der Waals surface area contributed by atoms with Gasteiger partial charge in [0.2, 0.25) is 0 Å². The quantitative estimate of drug-likeness (QED) is 0.604. The van der Waals surface area contributed by atoms with Gasteiger partial charge in [0.1, 0.15) is 0 Å². The first kappa shape index (κ1) is 20.4. The maximum atomic E-state index is 13.3. The van der Waals surface area contributed by atoms with E-state index in [1.807, 2.05) is 23.1 Å². The number of nitrogens with zero attached hydrogens (tertiary/aromatic N) is 4. The fourth-order valence-electron chi connectivity index (χ4n) is 4.73. The molecule has 5 heteroatoms. The molecular weight excluding hydrogens is 396 g/mol. The van der Waals surface area contributed by atoms with Crippen LogP contribution in [0.3, 0.4) is 0 Å². The van der Waals surface area contributed by atoms with Gasteiger partial charge >= 0.3 is 0 Å². The van der Waals surface area contributed by atoms with Gasteiger partial charge in [0.25, 0.3) is 5.91 Å². The van der Waals surface area contributed by atoms with Gasteiger partial charge in [0.05, 0.1) is 24.5 Å². The van der Waals surface area contributed by atoms with Crippen LogP contribution in [0.4, 0.5) is 0 Å². The Morgan fingerprint density at radius 2 is 1.78 bits per heavy atom. The van der Waals surface area contributed by atoms with Gasteiger partial charge in [0, 0.05) is 56.8 Å². The predicted molar refractivity (Wildman–Crippen MR) is 128 cm³/mol. The van der Waals surface area contributed by atoms with Crippen molar-refractivity contribution >= 4 is 16.8 Å². The van der Waals surface area contributed by atoms with Crippen LogP contribution in [0.1, 0.15) is 17.7 Å². The summed E-state index contributed by atoms with van der Waals surface area (Å²) in [5.74, 6) is 6.83. The van der Waals surface area contributed by atoms with Crippen molar-refractivity contribution in [3.63, 3.8) is 0 Å². The second-order valence-electron chi connectivity index (χ2n) is 8.66. The first-order valence-electron chi connectivity index (χ1n) is 11.1. The summed E-state index contributed by atoms with van der Waals surface area (Å²) in [6.45, 7) is 3.54. The minimum absolute atomic E-state index is 0.160. The summed E-state index contributed by atoms with van der Waals surface area (Å²) >= 11 is 0. The monoisotopic (exact) mass is 424 g/mol. The summed E-state index contributed by atoms with van der Waals surface area (Å²) in [5, 5.41) is 1.21. The summed E-state index contributed by atoms with van der Waals surface area (Å²) in [7, 11) is 4.15. The molecule has 0 aliphatic carbocycles. The predicted octanol–water partition coefficient (Wildman–Crippen LogP) is 3.42. The molecule has 0 unspecified atom stereocenters. The Bertz CT molecular complexity index is 1240. The van der Waals surface area contributed by atoms with Gasteiger partial charge in [-0.3, -0.25) is 9.69 Å². The zero-order chi connectivity index (χ0) is 22.1. The Morgan fingerprint density at radius 1 is 1.00 bits per heavy atom. The number of carbonyl (C=O) groups excluding carboxylic acids is 1. The van der Waals surface area contributed by atoms with E-state index >= 15 is 0 Å². The Hall–Kier alpha value is -3.49. The van der Waals surface area contributed by atoms with Crippen LogP contribution in [-0.4, -0.2) is 58.5 Å². The first-order chi connectivity index (χ1) is 15.6. The van der Waals surface area contributed by atoms with Crippen molar-refractivity contribution in [3.05, 3.63) is 83.2 Å². The second-order valence-corrected chi connectivity index (χ2v) is 8.66. The standard InChI is InChI=1S/C27H28N4O/c1-28-20-31(18-21-9-4-3-5-10-21)27(32)24-19-30(16-14-26(24)28)15-8-12-23-17-22-11-6-7-13-25(22)29(23)2/h3-7,9-11,13,17H,14-16,18-20H2,1-2H3.